The van der Waals surface area contributed by atoms with E-state index >= 15 is 0 Å². The zero-order chi connectivity index (χ0) is 16.5. The summed E-state index contributed by atoms with van der Waals surface area (Å²) in [4.78, 5) is 15.4. The Morgan fingerprint density at radius 3 is 2.32 bits per heavy atom. The highest BCUT2D eigenvalue weighted by Gasteiger charge is 2.09. The molecule has 8 heteroatoms. The van der Waals surface area contributed by atoms with E-state index in [0.717, 1.165) is 5.69 Å². The molecule has 1 aromatic carbocycles. The lowest BCUT2D eigenvalue weighted by Gasteiger charge is -2.05. The van der Waals surface area contributed by atoms with Gasteiger partial charge in [-0.2, -0.15) is 0 Å². The van der Waals surface area contributed by atoms with Crippen molar-refractivity contribution < 1.29 is 4.79 Å². The zero-order valence-corrected chi connectivity index (χ0v) is 12.3. The summed E-state index contributed by atoms with van der Waals surface area (Å²) in [5.74, 6) is -0.619. The average molecular weight is 303 g/mol. The Labute approximate surface area is 128 Å². The molecule has 0 spiro atoms. The van der Waals surface area contributed by atoms with Crippen LogP contribution in [-0.2, 0) is 4.79 Å². The number of anilines is 1. The fraction of sp³-hybridized carbons (Fsp3) is 0.143. The molecule has 0 aromatic heterocycles. The van der Waals surface area contributed by atoms with Crippen LogP contribution >= 0.6 is 0 Å². The number of carbonyl (C=O) groups excluding carboxylic acids is 1. The van der Waals surface area contributed by atoms with E-state index in [1.807, 2.05) is 0 Å². The van der Waals surface area contributed by atoms with E-state index in [-0.39, 0.29) is 18.0 Å². The Bertz CT molecular complexity index is 602. The van der Waals surface area contributed by atoms with Gasteiger partial charge in [-0.3, -0.25) is 4.79 Å². The van der Waals surface area contributed by atoms with Crippen molar-refractivity contribution in [1.82, 2.24) is 5.32 Å². The topological polar surface area (TPSA) is 158 Å². The fourth-order valence-corrected chi connectivity index (χ4v) is 1.48. The number of nitrogens with two attached hydrogens (primary N) is 4. The molecule has 0 saturated carbocycles. The van der Waals surface area contributed by atoms with Gasteiger partial charge in [0.05, 0.1) is 11.3 Å². The normalized spacial score (nSPS) is 12.9. The first-order valence-electron chi connectivity index (χ1n) is 6.51. The third-order valence-electron chi connectivity index (χ3n) is 2.61. The van der Waals surface area contributed by atoms with Gasteiger partial charge >= 0.3 is 0 Å². The maximum Gasteiger partial charge on any atom is 0.253 e. The summed E-state index contributed by atoms with van der Waals surface area (Å²) in [5.41, 5.74) is 24.0. The number of primary amides is 1. The minimum absolute atomic E-state index is 0.0369. The lowest BCUT2D eigenvalue weighted by molar-refractivity contribution is -0.114. The largest absolute Gasteiger partial charge is 0.400 e. The van der Waals surface area contributed by atoms with Gasteiger partial charge in [0.25, 0.3) is 5.91 Å². The van der Waals surface area contributed by atoms with E-state index in [2.05, 4.69) is 15.6 Å². The predicted molar refractivity (Wildman–Crippen MR) is 89.0 cm³/mol. The second-order valence-electron chi connectivity index (χ2n) is 4.32. The molecule has 1 amide bonds. The van der Waals surface area contributed by atoms with Gasteiger partial charge in [-0.05, 0) is 24.3 Å². The number of hydrogen-bond donors (Lipinski definition) is 6. The van der Waals surface area contributed by atoms with Crippen molar-refractivity contribution in [2.24, 2.45) is 27.9 Å². The minimum atomic E-state index is -0.656. The van der Waals surface area contributed by atoms with Gasteiger partial charge in [-0.15, -0.1) is 0 Å². The summed E-state index contributed by atoms with van der Waals surface area (Å²) in [6, 6.07) is 7.05. The van der Waals surface area contributed by atoms with Crippen LogP contribution in [0.5, 0.6) is 0 Å². The van der Waals surface area contributed by atoms with E-state index in [0.29, 0.717) is 11.4 Å². The van der Waals surface area contributed by atoms with Crippen LogP contribution < -0.4 is 33.6 Å². The number of benzene rings is 1. The lowest BCUT2D eigenvalue weighted by Crippen LogP contribution is -2.27. The minimum Gasteiger partial charge on any atom is -0.400 e. The van der Waals surface area contributed by atoms with E-state index in [1.165, 1.54) is 6.20 Å². The third kappa shape index (κ3) is 5.17. The molecule has 8 nitrogen and oxygen atoms in total. The van der Waals surface area contributed by atoms with Crippen LogP contribution in [0.1, 0.15) is 0 Å². The van der Waals surface area contributed by atoms with Crippen LogP contribution in [0.15, 0.2) is 52.9 Å². The maximum absolute atomic E-state index is 11.3. The summed E-state index contributed by atoms with van der Waals surface area (Å²) >= 11 is 0. The van der Waals surface area contributed by atoms with Gasteiger partial charge in [0.15, 0.2) is 0 Å². The van der Waals surface area contributed by atoms with E-state index < -0.39 is 5.91 Å². The molecular formula is C14H21N7O. The van der Waals surface area contributed by atoms with Gasteiger partial charge in [0.2, 0.25) is 0 Å². The predicted octanol–water partition coefficient (Wildman–Crippen LogP) is -0.565. The number of amidine groups is 1. The van der Waals surface area contributed by atoms with Gasteiger partial charge in [-0.25, -0.2) is 4.99 Å². The van der Waals surface area contributed by atoms with Crippen molar-refractivity contribution in [3.63, 3.8) is 0 Å². The van der Waals surface area contributed by atoms with E-state index in [4.69, 9.17) is 22.9 Å². The van der Waals surface area contributed by atoms with Gasteiger partial charge < -0.3 is 33.6 Å². The SMILES string of the molecule is CN/C=C(/C(N)=O)C(N)=Nc1ccc(N/C=C(\N)CN)cc1. The van der Waals surface area contributed by atoms with Crippen LogP contribution in [0.2, 0.25) is 0 Å². The molecule has 22 heavy (non-hydrogen) atoms. The Hall–Kier alpha value is -3.00. The van der Waals surface area contributed by atoms with E-state index in [1.54, 1.807) is 37.5 Å². The van der Waals surface area contributed by atoms with Crippen molar-refractivity contribution in [3.8, 4) is 0 Å². The number of rotatable bonds is 7. The van der Waals surface area contributed by atoms with Crippen LogP contribution in [-0.4, -0.2) is 25.3 Å². The van der Waals surface area contributed by atoms with Crippen LogP contribution in [0.3, 0.4) is 0 Å². The Balaban J connectivity index is 2.88. The van der Waals surface area contributed by atoms with Crippen molar-refractivity contribution in [3.05, 3.63) is 47.9 Å². The second kappa shape index (κ2) is 8.32. The monoisotopic (exact) mass is 303 g/mol. The highest BCUT2D eigenvalue weighted by molar-refractivity contribution is 6.20. The summed E-state index contributed by atoms with van der Waals surface area (Å²) in [5, 5.41) is 5.69. The molecular weight excluding hydrogens is 282 g/mol. The van der Waals surface area contributed by atoms with Crippen molar-refractivity contribution in [1.29, 1.82) is 0 Å². The number of aliphatic imine (C=N–C) groups is 1. The molecule has 0 atom stereocenters. The van der Waals surface area contributed by atoms with Crippen molar-refractivity contribution >= 4 is 23.1 Å². The quantitative estimate of drug-likeness (QED) is 0.225. The van der Waals surface area contributed by atoms with Crippen LogP contribution in [0, 0.1) is 0 Å². The first kappa shape index (κ1) is 17.1. The molecule has 0 aliphatic carbocycles. The number of nitrogens with zero attached hydrogens (tertiary/aromatic N) is 1. The Morgan fingerprint density at radius 2 is 1.82 bits per heavy atom. The Morgan fingerprint density at radius 1 is 1.18 bits per heavy atom. The third-order valence-corrected chi connectivity index (χ3v) is 2.61. The lowest BCUT2D eigenvalue weighted by atomic mass is 10.2. The molecule has 0 bridgehead atoms. The molecule has 1 rings (SSSR count). The first-order chi connectivity index (χ1) is 10.5. The number of carbonyl (C=O) groups is 1. The van der Waals surface area contributed by atoms with Gasteiger partial charge in [0.1, 0.15) is 5.84 Å². The maximum atomic E-state index is 11.3. The molecule has 1 aromatic rings. The smallest absolute Gasteiger partial charge is 0.253 e. The molecule has 0 aliphatic rings. The summed E-state index contributed by atoms with van der Waals surface area (Å²) < 4.78 is 0. The molecule has 0 unspecified atom stereocenters. The average Bonchev–Trinajstić information content (AvgIpc) is 2.51. The van der Waals surface area contributed by atoms with Crippen LogP contribution in [0.25, 0.3) is 0 Å². The highest BCUT2D eigenvalue weighted by Crippen LogP contribution is 2.17. The van der Waals surface area contributed by atoms with Crippen molar-refractivity contribution in [2.45, 2.75) is 0 Å². The second-order valence-corrected chi connectivity index (χ2v) is 4.32. The molecule has 118 valence electrons. The fourth-order valence-electron chi connectivity index (χ4n) is 1.48. The highest BCUT2D eigenvalue weighted by atomic mass is 16.1. The number of amides is 1. The number of nitrogens with one attached hydrogen (secondary N) is 2. The summed E-state index contributed by atoms with van der Waals surface area (Å²) in [6.45, 7) is 0.277. The van der Waals surface area contributed by atoms with Gasteiger partial charge in [0, 0.05) is 37.4 Å². The standard InChI is InChI=1S/C14H21N7O/c1-19-8-12(14(18)22)13(17)21-11-4-2-10(3-5-11)20-7-9(16)6-15/h2-5,7-8,19-20H,6,15-16H2,1H3,(H2,17,21)(H2,18,22)/b9-7-,12-8+. The van der Waals surface area contributed by atoms with Crippen molar-refractivity contribution in [2.75, 3.05) is 18.9 Å². The van der Waals surface area contributed by atoms with E-state index in [9.17, 15) is 4.79 Å². The Kier molecular flexibility index (Phi) is 6.45. The molecule has 0 radical (unpaired) electrons. The first-order valence-corrected chi connectivity index (χ1v) is 6.51. The summed E-state index contributed by atoms with van der Waals surface area (Å²) in [7, 11) is 1.64. The zero-order valence-electron chi connectivity index (χ0n) is 12.3. The molecule has 0 saturated heterocycles. The number of hydrogen-bond acceptors (Lipinski definition) is 6. The molecule has 0 fully saturated rings. The molecule has 0 aliphatic heterocycles. The molecule has 0 heterocycles. The molecule has 10 N–H and O–H groups in total. The van der Waals surface area contributed by atoms with Gasteiger partial charge in [-0.1, -0.05) is 0 Å². The van der Waals surface area contributed by atoms with Crippen LogP contribution in [0.4, 0.5) is 11.4 Å². The summed E-state index contributed by atoms with van der Waals surface area (Å²) in [6.07, 6.45) is 3.02.